The first-order valence-electron chi connectivity index (χ1n) is 8.42. The Labute approximate surface area is 141 Å². The molecule has 0 N–H and O–H groups in total. The van der Waals surface area contributed by atoms with Crippen LogP contribution in [0.3, 0.4) is 0 Å². The average Bonchev–Trinajstić information content (AvgIpc) is 3.11. The lowest BCUT2D eigenvalue weighted by Crippen LogP contribution is -2.51. The molecular weight excluding hydrogens is 310 g/mol. The number of rotatable bonds is 4. The van der Waals surface area contributed by atoms with Crippen molar-refractivity contribution in [2.45, 2.75) is 32.4 Å². The molecule has 1 atom stereocenters. The Morgan fingerprint density at radius 2 is 2.08 bits per heavy atom. The molecule has 2 aliphatic heterocycles. The molecule has 0 radical (unpaired) electrons. The van der Waals surface area contributed by atoms with Gasteiger partial charge in [0.1, 0.15) is 6.10 Å². The third-order valence-electron chi connectivity index (χ3n) is 4.90. The predicted molar refractivity (Wildman–Crippen MR) is 88.7 cm³/mol. The number of carbonyl (C=O) groups excluding carboxylic acids is 1. The van der Waals surface area contributed by atoms with Crippen molar-refractivity contribution < 1.29 is 14.5 Å². The van der Waals surface area contributed by atoms with Crippen LogP contribution in [0.25, 0.3) is 0 Å². The molecule has 1 aromatic carbocycles. The van der Waals surface area contributed by atoms with Gasteiger partial charge >= 0.3 is 0 Å². The normalized spacial score (nSPS) is 21.9. The monoisotopic (exact) mass is 333 g/mol. The number of hydrogen-bond acceptors (Lipinski definition) is 5. The van der Waals surface area contributed by atoms with E-state index >= 15 is 0 Å². The van der Waals surface area contributed by atoms with E-state index in [0.717, 1.165) is 37.1 Å². The van der Waals surface area contributed by atoms with Crippen molar-refractivity contribution in [3.8, 4) is 0 Å². The van der Waals surface area contributed by atoms with Crippen molar-refractivity contribution >= 4 is 11.6 Å². The standard InChI is InChI=1S/C17H23N3O4/c1-13-14(4-2-5-15(13)20(22)23)12-18-7-9-19(10-8-18)17(21)16-6-3-11-24-16/h2,4-5,16H,3,6-12H2,1H3. The first-order chi connectivity index (χ1) is 11.6. The van der Waals surface area contributed by atoms with Crippen LogP contribution in [0.1, 0.15) is 24.0 Å². The Kier molecular flexibility index (Phi) is 5.11. The van der Waals surface area contributed by atoms with Crippen LogP contribution in [0.4, 0.5) is 5.69 Å². The molecule has 1 aromatic rings. The number of ether oxygens (including phenoxy) is 1. The largest absolute Gasteiger partial charge is 0.368 e. The van der Waals surface area contributed by atoms with Gasteiger partial charge in [0.05, 0.1) is 4.92 Å². The number of benzene rings is 1. The fourth-order valence-electron chi connectivity index (χ4n) is 3.38. The SMILES string of the molecule is Cc1c(CN2CCN(C(=O)C3CCCO3)CC2)cccc1[N+](=O)[O-]. The summed E-state index contributed by atoms with van der Waals surface area (Å²) in [5, 5.41) is 11.0. The Morgan fingerprint density at radius 1 is 1.33 bits per heavy atom. The second kappa shape index (κ2) is 7.27. The van der Waals surface area contributed by atoms with Gasteiger partial charge in [0.15, 0.2) is 0 Å². The maximum Gasteiger partial charge on any atom is 0.272 e. The predicted octanol–water partition coefficient (Wildman–Crippen LogP) is 1.73. The molecule has 1 unspecified atom stereocenters. The van der Waals surface area contributed by atoms with Crippen molar-refractivity contribution in [1.82, 2.24) is 9.80 Å². The molecule has 3 rings (SSSR count). The molecule has 0 spiro atoms. The summed E-state index contributed by atoms with van der Waals surface area (Å²) in [6.45, 7) is 6.09. The van der Waals surface area contributed by atoms with Crippen LogP contribution in [0.15, 0.2) is 18.2 Å². The molecule has 1 amide bonds. The van der Waals surface area contributed by atoms with Gasteiger partial charge in [-0.05, 0) is 25.3 Å². The quantitative estimate of drug-likeness (QED) is 0.619. The van der Waals surface area contributed by atoms with Crippen molar-refractivity contribution in [3.63, 3.8) is 0 Å². The van der Waals surface area contributed by atoms with Gasteiger partial charge < -0.3 is 9.64 Å². The van der Waals surface area contributed by atoms with Gasteiger partial charge in [-0.25, -0.2) is 0 Å². The van der Waals surface area contributed by atoms with E-state index in [-0.39, 0.29) is 22.6 Å². The Morgan fingerprint density at radius 3 is 2.71 bits per heavy atom. The first-order valence-corrected chi connectivity index (χ1v) is 8.42. The minimum Gasteiger partial charge on any atom is -0.368 e. The van der Waals surface area contributed by atoms with Crippen LogP contribution in [-0.2, 0) is 16.1 Å². The summed E-state index contributed by atoms with van der Waals surface area (Å²) in [7, 11) is 0. The highest BCUT2D eigenvalue weighted by atomic mass is 16.6. The van der Waals surface area contributed by atoms with Crippen molar-refractivity contribution in [3.05, 3.63) is 39.4 Å². The fourth-order valence-corrected chi connectivity index (χ4v) is 3.38. The van der Waals surface area contributed by atoms with Crippen LogP contribution in [0, 0.1) is 17.0 Å². The lowest BCUT2D eigenvalue weighted by Gasteiger charge is -2.35. The third-order valence-corrected chi connectivity index (χ3v) is 4.90. The van der Waals surface area contributed by atoms with Crippen LogP contribution in [0.2, 0.25) is 0 Å². The van der Waals surface area contributed by atoms with E-state index in [1.807, 2.05) is 11.0 Å². The Hall–Kier alpha value is -1.99. The van der Waals surface area contributed by atoms with Gasteiger partial charge in [0.25, 0.3) is 11.6 Å². The lowest BCUT2D eigenvalue weighted by atomic mass is 10.1. The second-order valence-electron chi connectivity index (χ2n) is 6.42. The van der Waals surface area contributed by atoms with Gasteiger partial charge in [-0.15, -0.1) is 0 Å². The zero-order valence-corrected chi connectivity index (χ0v) is 13.9. The topological polar surface area (TPSA) is 75.9 Å². The number of amides is 1. The highest BCUT2D eigenvalue weighted by Gasteiger charge is 2.30. The fraction of sp³-hybridized carbons (Fsp3) is 0.588. The van der Waals surface area contributed by atoms with E-state index in [1.165, 1.54) is 6.07 Å². The summed E-state index contributed by atoms with van der Waals surface area (Å²) >= 11 is 0. The number of hydrogen-bond donors (Lipinski definition) is 0. The molecule has 0 aliphatic carbocycles. The van der Waals surface area contributed by atoms with Crippen LogP contribution >= 0.6 is 0 Å². The zero-order chi connectivity index (χ0) is 17.1. The third kappa shape index (κ3) is 3.57. The summed E-state index contributed by atoms with van der Waals surface area (Å²) in [5.41, 5.74) is 1.86. The molecule has 0 aromatic heterocycles. The summed E-state index contributed by atoms with van der Waals surface area (Å²) in [5.74, 6) is 0.110. The summed E-state index contributed by atoms with van der Waals surface area (Å²) in [4.78, 5) is 27.2. The molecule has 2 fully saturated rings. The number of carbonyl (C=O) groups is 1. The van der Waals surface area contributed by atoms with E-state index in [1.54, 1.807) is 13.0 Å². The molecule has 0 bridgehead atoms. The minimum absolute atomic E-state index is 0.110. The zero-order valence-electron chi connectivity index (χ0n) is 13.9. The average molecular weight is 333 g/mol. The lowest BCUT2D eigenvalue weighted by molar-refractivity contribution is -0.385. The molecule has 130 valence electrons. The van der Waals surface area contributed by atoms with E-state index in [4.69, 9.17) is 4.74 Å². The number of nitro groups is 1. The van der Waals surface area contributed by atoms with E-state index in [0.29, 0.717) is 26.2 Å². The molecule has 2 saturated heterocycles. The van der Waals surface area contributed by atoms with E-state index in [9.17, 15) is 14.9 Å². The molecule has 7 nitrogen and oxygen atoms in total. The van der Waals surface area contributed by atoms with Crippen molar-refractivity contribution in [2.24, 2.45) is 0 Å². The van der Waals surface area contributed by atoms with Gasteiger partial charge in [-0.3, -0.25) is 19.8 Å². The van der Waals surface area contributed by atoms with Crippen LogP contribution in [-0.4, -0.2) is 59.5 Å². The molecular formula is C17H23N3O4. The van der Waals surface area contributed by atoms with Crippen molar-refractivity contribution in [1.29, 1.82) is 0 Å². The molecule has 2 heterocycles. The van der Waals surface area contributed by atoms with Gasteiger partial charge in [-0.1, -0.05) is 12.1 Å². The summed E-state index contributed by atoms with van der Waals surface area (Å²) in [6, 6.07) is 5.21. The highest BCUT2D eigenvalue weighted by molar-refractivity contribution is 5.81. The van der Waals surface area contributed by atoms with Crippen molar-refractivity contribution in [2.75, 3.05) is 32.8 Å². The van der Waals surface area contributed by atoms with Crippen LogP contribution in [0.5, 0.6) is 0 Å². The Bertz CT molecular complexity index is 620. The minimum atomic E-state index is -0.336. The number of nitrogens with zero attached hydrogens (tertiary/aromatic N) is 3. The summed E-state index contributed by atoms with van der Waals surface area (Å²) in [6.07, 6.45) is 1.53. The smallest absolute Gasteiger partial charge is 0.272 e. The maximum atomic E-state index is 12.3. The highest BCUT2D eigenvalue weighted by Crippen LogP contribution is 2.23. The number of piperazine rings is 1. The molecule has 2 aliphatic rings. The van der Waals surface area contributed by atoms with E-state index < -0.39 is 0 Å². The van der Waals surface area contributed by atoms with Crippen LogP contribution < -0.4 is 0 Å². The Balaban J connectivity index is 1.57. The van der Waals surface area contributed by atoms with E-state index in [2.05, 4.69) is 4.90 Å². The van der Waals surface area contributed by atoms with Gasteiger partial charge in [0.2, 0.25) is 0 Å². The number of nitro benzene ring substituents is 1. The first kappa shape index (κ1) is 16.9. The molecule has 24 heavy (non-hydrogen) atoms. The van der Waals surface area contributed by atoms with Gasteiger partial charge in [0, 0.05) is 51.0 Å². The second-order valence-corrected chi connectivity index (χ2v) is 6.42. The molecule has 0 saturated carbocycles. The van der Waals surface area contributed by atoms with Gasteiger partial charge in [-0.2, -0.15) is 0 Å². The maximum absolute atomic E-state index is 12.3. The summed E-state index contributed by atoms with van der Waals surface area (Å²) < 4.78 is 5.47. The molecule has 7 heteroatoms.